The van der Waals surface area contributed by atoms with Gasteiger partial charge in [-0.05, 0) is 104 Å². The molecular weight excluding hydrogens is 643 g/mol. The fourth-order valence-corrected chi connectivity index (χ4v) is 7.31. The lowest BCUT2D eigenvalue weighted by molar-refractivity contribution is 0.0984. The third-order valence-corrected chi connectivity index (χ3v) is 10.3. The van der Waals surface area contributed by atoms with Crippen LogP contribution in [0.25, 0.3) is 11.4 Å². The van der Waals surface area contributed by atoms with Gasteiger partial charge in [0.2, 0.25) is 5.88 Å². The van der Waals surface area contributed by atoms with Crippen LogP contribution in [0.5, 0.6) is 5.88 Å². The average Bonchev–Trinajstić information content (AvgIpc) is 3.37. The second-order valence-corrected chi connectivity index (χ2v) is 17.3. The highest BCUT2D eigenvalue weighted by atomic mass is 32.2. The van der Waals surface area contributed by atoms with Gasteiger partial charge in [-0.2, -0.15) is 0 Å². The molecule has 10 heteroatoms. The molecule has 0 unspecified atom stereocenters. The summed E-state index contributed by atoms with van der Waals surface area (Å²) >= 11 is 1.21. The molecule has 4 aromatic heterocycles. The molecule has 6 heterocycles. The number of nitrogens with one attached hydrogen (secondary N) is 2. The molecule has 2 atom stereocenters. The molecule has 0 spiro atoms. The lowest BCUT2D eigenvalue weighted by Crippen LogP contribution is -2.40. The first-order chi connectivity index (χ1) is 23.6. The largest absolute Gasteiger partial charge is 0.478 e. The highest BCUT2D eigenvalue weighted by Crippen LogP contribution is 2.41. The summed E-state index contributed by atoms with van der Waals surface area (Å²) in [6.45, 7) is 19.2. The van der Waals surface area contributed by atoms with E-state index in [1.807, 2.05) is 54.7 Å². The van der Waals surface area contributed by atoms with Crippen LogP contribution in [0.2, 0.25) is 0 Å². The Kier molecular flexibility index (Phi) is 10.1. The molecule has 1 amide bonds. The third kappa shape index (κ3) is 8.57. The van der Waals surface area contributed by atoms with E-state index in [0.717, 1.165) is 43.7 Å². The van der Waals surface area contributed by atoms with Gasteiger partial charge in [0.1, 0.15) is 16.7 Å². The molecule has 0 aromatic carbocycles. The Morgan fingerprint density at radius 2 is 1.72 bits per heavy atom. The Morgan fingerprint density at radius 1 is 0.940 bits per heavy atom. The maximum Gasteiger partial charge on any atom is 0.265 e. The normalized spacial score (nSPS) is 19.4. The SMILES string of the molecule is CC(C)(C)CCOc1cccc(-c2ccc3c(n2)N2C[C@@H](CC[C@H](c4cc(C(C)(C)C)ccn4)Nc4cccc(n4)SNC3=O)CC2(C)C)n1. The Labute approximate surface area is 301 Å². The zero-order valence-corrected chi connectivity index (χ0v) is 31.5. The molecule has 1 saturated heterocycles. The first kappa shape index (κ1) is 35.6. The average molecular weight is 694 g/mol. The Bertz CT molecular complexity index is 1830. The van der Waals surface area contributed by atoms with E-state index in [0.29, 0.717) is 46.2 Å². The highest BCUT2D eigenvalue weighted by molar-refractivity contribution is 7.97. The van der Waals surface area contributed by atoms with Gasteiger partial charge < -0.3 is 15.0 Å². The number of hydrogen-bond acceptors (Lipinski definition) is 9. The van der Waals surface area contributed by atoms with Gasteiger partial charge in [-0.3, -0.25) is 14.5 Å². The van der Waals surface area contributed by atoms with E-state index in [1.54, 1.807) is 0 Å². The van der Waals surface area contributed by atoms with Gasteiger partial charge >= 0.3 is 0 Å². The van der Waals surface area contributed by atoms with Gasteiger partial charge in [-0.25, -0.2) is 15.0 Å². The summed E-state index contributed by atoms with van der Waals surface area (Å²) < 4.78 is 9.08. The molecule has 6 rings (SSSR count). The van der Waals surface area contributed by atoms with Gasteiger partial charge in [0.05, 0.1) is 35.3 Å². The summed E-state index contributed by atoms with van der Waals surface area (Å²) in [6, 6.07) is 19.7. The Hall–Kier alpha value is -4.18. The zero-order chi connectivity index (χ0) is 35.7. The van der Waals surface area contributed by atoms with Gasteiger partial charge in [-0.15, -0.1) is 0 Å². The van der Waals surface area contributed by atoms with Crippen molar-refractivity contribution in [3.8, 4) is 17.3 Å². The molecule has 0 radical (unpaired) electrons. The van der Waals surface area contributed by atoms with Crippen LogP contribution in [-0.4, -0.2) is 44.5 Å². The number of amides is 1. The van der Waals surface area contributed by atoms with Crippen molar-refractivity contribution in [1.29, 1.82) is 0 Å². The molecule has 0 saturated carbocycles. The van der Waals surface area contributed by atoms with Gasteiger partial charge in [0, 0.05) is 36.3 Å². The fraction of sp³-hybridized carbons (Fsp3) is 0.475. The summed E-state index contributed by atoms with van der Waals surface area (Å²) in [5.41, 5.74) is 4.16. The van der Waals surface area contributed by atoms with Crippen molar-refractivity contribution < 1.29 is 9.53 Å². The van der Waals surface area contributed by atoms with Crippen molar-refractivity contribution in [3.05, 3.63) is 83.7 Å². The van der Waals surface area contributed by atoms with Gasteiger partial charge in [-0.1, -0.05) is 53.7 Å². The third-order valence-electron chi connectivity index (χ3n) is 9.58. The smallest absolute Gasteiger partial charge is 0.265 e. The van der Waals surface area contributed by atoms with Crippen LogP contribution in [-0.2, 0) is 5.41 Å². The summed E-state index contributed by atoms with van der Waals surface area (Å²) in [5.74, 6) is 2.16. The van der Waals surface area contributed by atoms with Crippen LogP contribution in [0.15, 0.2) is 71.9 Å². The summed E-state index contributed by atoms with van der Waals surface area (Å²) in [4.78, 5) is 35.9. The van der Waals surface area contributed by atoms with Crippen LogP contribution in [0.4, 0.5) is 11.6 Å². The second-order valence-electron chi connectivity index (χ2n) is 16.5. The number of ether oxygens (including phenoxy) is 1. The molecular formula is C40H51N7O2S. The maximum atomic E-state index is 13.9. The number of fused-ring (bicyclic) bond motifs is 6. The predicted molar refractivity (Wildman–Crippen MR) is 203 cm³/mol. The predicted octanol–water partition coefficient (Wildman–Crippen LogP) is 9.04. The van der Waals surface area contributed by atoms with Crippen molar-refractivity contribution in [1.82, 2.24) is 24.7 Å². The van der Waals surface area contributed by atoms with E-state index in [1.165, 1.54) is 17.5 Å². The van der Waals surface area contributed by atoms with Crippen LogP contribution in [0.3, 0.4) is 0 Å². The Balaban J connectivity index is 1.34. The minimum atomic E-state index is -0.222. The first-order valence-corrected chi connectivity index (χ1v) is 18.5. The van der Waals surface area contributed by atoms with Crippen molar-refractivity contribution in [2.45, 2.75) is 103 Å². The number of rotatable bonds is 5. The van der Waals surface area contributed by atoms with E-state index >= 15 is 0 Å². The molecule has 4 bridgehead atoms. The number of pyridine rings is 4. The van der Waals surface area contributed by atoms with Crippen molar-refractivity contribution >= 4 is 29.5 Å². The molecule has 2 N–H and O–H groups in total. The fourth-order valence-electron chi connectivity index (χ4n) is 6.71. The highest BCUT2D eigenvalue weighted by Gasteiger charge is 2.41. The van der Waals surface area contributed by atoms with Crippen molar-refractivity contribution in [2.24, 2.45) is 11.3 Å². The lowest BCUT2D eigenvalue weighted by Gasteiger charge is -2.34. The molecule has 2 aliphatic heterocycles. The molecule has 2 aliphatic rings. The number of hydrogen-bond donors (Lipinski definition) is 2. The number of anilines is 2. The topological polar surface area (TPSA) is 105 Å². The standard InChI is InChI=1S/C40H51N7O2S/c1-38(2,3)20-22-49-34-13-9-11-29(43-34)30-18-16-28-36(44-30)47-25-26(24-40(47,7)8)15-17-31(32-23-27(19-21-41-32)39(4,5)6)42-33-12-10-14-35(45-33)50-46-37(28)48/h9-14,16,18-19,21,23,26,31H,15,17,20,22,24-25H2,1-8H3,(H,42,45)(H,46,48)/t26-,31+/m0/s1. The van der Waals surface area contributed by atoms with Crippen LogP contribution in [0.1, 0.15) is 109 Å². The summed E-state index contributed by atoms with van der Waals surface area (Å²) in [5, 5.41) is 4.39. The van der Waals surface area contributed by atoms with Crippen LogP contribution < -0.4 is 19.7 Å². The van der Waals surface area contributed by atoms with E-state index in [4.69, 9.17) is 24.7 Å². The number of carbonyl (C=O) groups is 1. The van der Waals surface area contributed by atoms with Gasteiger partial charge in [0.15, 0.2) is 0 Å². The van der Waals surface area contributed by atoms with Crippen LogP contribution >= 0.6 is 11.9 Å². The first-order valence-electron chi connectivity index (χ1n) is 17.7. The summed E-state index contributed by atoms with van der Waals surface area (Å²) in [7, 11) is 0. The molecule has 4 aromatic rings. The Morgan fingerprint density at radius 3 is 2.50 bits per heavy atom. The van der Waals surface area contributed by atoms with Crippen molar-refractivity contribution in [3.63, 3.8) is 0 Å². The molecule has 264 valence electrons. The van der Waals surface area contributed by atoms with E-state index in [-0.39, 0.29) is 28.3 Å². The number of nitrogens with zero attached hydrogens (tertiary/aromatic N) is 5. The number of carbonyl (C=O) groups excluding carboxylic acids is 1. The van der Waals surface area contributed by atoms with E-state index in [9.17, 15) is 4.79 Å². The van der Waals surface area contributed by atoms with E-state index in [2.05, 4.69) is 82.5 Å². The van der Waals surface area contributed by atoms with E-state index < -0.39 is 0 Å². The minimum Gasteiger partial charge on any atom is -0.478 e. The van der Waals surface area contributed by atoms with Gasteiger partial charge in [0.25, 0.3) is 5.91 Å². The monoisotopic (exact) mass is 693 g/mol. The zero-order valence-electron chi connectivity index (χ0n) is 30.7. The maximum absolute atomic E-state index is 13.9. The molecule has 1 fully saturated rings. The molecule has 0 aliphatic carbocycles. The summed E-state index contributed by atoms with van der Waals surface area (Å²) in [6.07, 6.45) is 5.68. The quantitative estimate of drug-likeness (QED) is 0.198. The van der Waals surface area contributed by atoms with Crippen molar-refractivity contribution in [2.75, 3.05) is 23.4 Å². The minimum absolute atomic E-state index is 0.00977. The lowest BCUT2D eigenvalue weighted by atomic mass is 9.86. The molecule has 9 nitrogen and oxygen atoms in total. The molecule has 50 heavy (non-hydrogen) atoms. The number of aromatic nitrogens is 4. The second kappa shape index (κ2) is 14.2. The van der Waals surface area contributed by atoms with Crippen LogP contribution in [0, 0.1) is 11.3 Å².